The molecule has 554 valence electrons. The number of phosphoric ester groups is 1. The third kappa shape index (κ3) is 35.9. The van der Waals surface area contributed by atoms with Gasteiger partial charge in [0.2, 0.25) is 0 Å². The van der Waals surface area contributed by atoms with Crippen molar-refractivity contribution in [3.63, 3.8) is 0 Å². The van der Waals surface area contributed by atoms with Gasteiger partial charge in [0.15, 0.2) is 18.7 Å². The van der Waals surface area contributed by atoms with Gasteiger partial charge in [0.1, 0.15) is 98.7 Å². The Hall–Kier alpha value is -2.82. The number of hydrogen-bond acceptors (Lipinski definition) is 23. The molecule has 1 saturated carbocycles. The van der Waals surface area contributed by atoms with E-state index in [1.807, 2.05) is 6.08 Å². The van der Waals surface area contributed by atoms with Crippen molar-refractivity contribution < 1.29 is 117 Å². The number of unbranched alkanes of at least 4 members (excludes halogenated alkanes) is 31. The number of allylic oxidation sites excluding steroid dienone is 5. The quantitative estimate of drug-likeness (QED) is 0.00514. The summed E-state index contributed by atoms with van der Waals surface area (Å²) in [5.41, 5.74) is 0. The van der Waals surface area contributed by atoms with Crippen LogP contribution < -0.4 is 0 Å². The first kappa shape index (κ1) is 86.4. The van der Waals surface area contributed by atoms with Crippen molar-refractivity contribution in [2.75, 3.05) is 26.4 Å². The first-order chi connectivity index (χ1) is 45.8. The van der Waals surface area contributed by atoms with Crippen LogP contribution in [0.1, 0.15) is 258 Å². The molecule has 25 heteroatoms. The van der Waals surface area contributed by atoms with E-state index in [2.05, 4.69) is 32.9 Å². The van der Waals surface area contributed by atoms with E-state index in [9.17, 15) is 74.9 Å². The minimum atomic E-state index is -5.70. The lowest BCUT2D eigenvalue weighted by Gasteiger charge is -2.49. The van der Waals surface area contributed by atoms with Crippen molar-refractivity contribution in [2.24, 2.45) is 0 Å². The van der Waals surface area contributed by atoms with Crippen LogP contribution in [0.5, 0.6) is 0 Å². The van der Waals surface area contributed by atoms with Gasteiger partial charge in [-0.2, -0.15) is 0 Å². The third-order valence-corrected chi connectivity index (χ3v) is 18.7. The van der Waals surface area contributed by atoms with Crippen molar-refractivity contribution in [3.05, 3.63) is 36.5 Å². The van der Waals surface area contributed by atoms with Crippen molar-refractivity contribution >= 4 is 25.7 Å². The van der Waals surface area contributed by atoms with Gasteiger partial charge in [0.05, 0.1) is 13.2 Å². The summed E-state index contributed by atoms with van der Waals surface area (Å²) in [6.07, 6.45) is 13.0. The van der Waals surface area contributed by atoms with Crippen molar-refractivity contribution in [1.29, 1.82) is 0 Å². The van der Waals surface area contributed by atoms with Gasteiger partial charge in [-0.15, -0.1) is 0 Å². The van der Waals surface area contributed by atoms with Gasteiger partial charge in [-0.05, 0) is 51.4 Å². The molecule has 0 spiro atoms. The van der Waals surface area contributed by atoms with Crippen LogP contribution in [0.15, 0.2) is 36.5 Å². The molecule has 95 heavy (non-hydrogen) atoms. The molecule has 3 rings (SSSR count). The van der Waals surface area contributed by atoms with E-state index in [0.717, 1.165) is 96.0 Å². The number of aliphatic hydroxyl groups is 10. The molecule has 18 atom stereocenters. The maximum absolute atomic E-state index is 14.3. The maximum Gasteiger partial charge on any atom is 0.472 e. The highest BCUT2D eigenvalue weighted by molar-refractivity contribution is 7.47. The number of esters is 3. The second kappa shape index (κ2) is 52.2. The average molecular weight is 1380 g/mol. The molecule has 1 aliphatic carbocycles. The molecule has 0 radical (unpaired) electrons. The van der Waals surface area contributed by atoms with Crippen molar-refractivity contribution in [2.45, 2.75) is 362 Å². The molecule has 24 nitrogen and oxygen atoms in total. The SMILES string of the molecule is CCCCCCCC/C=C\CCCCCC(=O)OCC(COP(=O)(O)OC1C(OC2OC(CO)C(O)C(O)C2O)C(O)C(O)C(O)C1OC1OC(COC(=O)/C=C/C=C/CCCCCCCCCCCCC)C(O)C(O)C1O)OC(=O)CCCCCCCCCCCCCC. The second-order valence-electron chi connectivity index (χ2n) is 26.0. The van der Waals surface area contributed by atoms with E-state index < -0.39 is 156 Å². The monoisotopic (exact) mass is 1380 g/mol. The highest BCUT2D eigenvalue weighted by Crippen LogP contribution is 2.49. The molecule has 0 amide bonds. The van der Waals surface area contributed by atoms with Gasteiger partial charge >= 0.3 is 25.7 Å². The lowest BCUT2D eigenvalue weighted by molar-refractivity contribution is -0.360. The van der Waals surface area contributed by atoms with E-state index in [1.165, 1.54) is 128 Å². The van der Waals surface area contributed by atoms with Crippen LogP contribution >= 0.6 is 7.82 Å². The summed E-state index contributed by atoms with van der Waals surface area (Å²) in [4.78, 5) is 50.7. The number of carbonyl (C=O) groups is 3. The standard InChI is InChI=1S/C70H125O24P/c1-4-7-10-13-16-19-22-25-26-28-31-33-36-39-42-45-55(73)87-50-53-58(76)60(78)65(83)70(91-53)93-67-63(81)61(79)62(80)66(92-69-64(82)59(77)57(75)52(47-71)90-69)68(67)94-95(84,85)88-49-51(89-56(74)46-43-40-37-34-29-24-21-18-15-12-9-6-3)48-86-54(72)44-41-38-35-32-30-27-23-20-17-14-11-8-5-2/h27,30,36,39,42,45,51-53,57-71,75-83H,4-26,28-29,31-35,37-38,40-41,43-44,46-50H2,1-3H3,(H,84,85)/b30-27-,39-36+,45-42+. The van der Waals surface area contributed by atoms with E-state index in [-0.39, 0.29) is 12.8 Å². The fourth-order valence-corrected chi connectivity index (χ4v) is 12.7. The van der Waals surface area contributed by atoms with Crippen LogP contribution in [-0.2, 0) is 61.2 Å². The second-order valence-corrected chi connectivity index (χ2v) is 27.4. The van der Waals surface area contributed by atoms with Gasteiger partial charge in [-0.1, -0.05) is 225 Å². The minimum absolute atomic E-state index is 0.0227. The summed E-state index contributed by atoms with van der Waals surface area (Å²) in [5, 5.41) is 110. The zero-order chi connectivity index (χ0) is 69.6. The predicted molar refractivity (Wildman–Crippen MR) is 356 cm³/mol. The summed E-state index contributed by atoms with van der Waals surface area (Å²) < 4.78 is 64.7. The molecule has 18 unspecified atom stereocenters. The Balaban J connectivity index is 1.77. The van der Waals surface area contributed by atoms with Crippen LogP contribution in [0.2, 0.25) is 0 Å². The van der Waals surface area contributed by atoms with E-state index >= 15 is 0 Å². The lowest BCUT2D eigenvalue weighted by Crippen LogP contribution is -2.69. The first-order valence-electron chi connectivity index (χ1n) is 36.3. The van der Waals surface area contributed by atoms with Crippen molar-refractivity contribution in [1.82, 2.24) is 0 Å². The Bertz CT molecular complexity index is 2120. The third-order valence-electron chi connectivity index (χ3n) is 17.7. The van der Waals surface area contributed by atoms with E-state index in [4.69, 9.17) is 42.2 Å². The predicted octanol–water partition coefficient (Wildman–Crippen LogP) is 9.12. The molecule has 2 heterocycles. The highest BCUT2D eigenvalue weighted by Gasteiger charge is 2.58. The molecule has 3 aliphatic rings. The summed E-state index contributed by atoms with van der Waals surface area (Å²) in [6, 6.07) is 0. The molecule has 3 fully saturated rings. The first-order valence-corrected chi connectivity index (χ1v) is 37.8. The van der Waals surface area contributed by atoms with Crippen LogP contribution in [0.4, 0.5) is 0 Å². The molecule has 0 aromatic carbocycles. The Morgan fingerprint density at radius 2 is 0.821 bits per heavy atom. The average Bonchev–Trinajstić information content (AvgIpc) is 0.764. The Labute approximate surface area is 566 Å². The topological polar surface area (TPSA) is 374 Å². The molecule has 0 aromatic heterocycles. The number of rotatable bonds is 55. The number of aliphatic hydroxyl groups excluding tert-OH is 10. The Kier molecular flexibility index (Phi) is 47.5. The van der Waals surface area contributed by atoms with Crippen LogP contribution in [0, 0.1) is 0 Å². The minimum Gasteiger partial charge on any atom is -0.462 e. The number of carbonyl (C=O) groups excluding carboxylic acids is 3. The molecular weight excluding hydrogens is 1260 g/mol. The number of phosphoric acid groups is 1. The zero-order valence-electron chi connectivity index (χ0n) is 57.4. The van der Waals surface area contributed by atoms with Crippen LogP contribution in [0.3, 0.4) is 0 Å². The van der Waals surface area contributed by atoms with Crippen molar-refractivity contribution in [3.8, 4) is 0 Å². The van der Waals surface area contributed by atoms with Gasteiger partial charge in [-0.3, -0.25) is 18.6 Å². The Morgan fingerprint density at radius 1 is 0.432 bits per heavy atom. The fraction of sp³-hybridized carbons (Fsp3) is 0.871. The molecular formula is C70H125O24P. The van der Waals surface area contributed by atoms with Gasteiger partial charge < -0.3 is 89.1 Å². The molecule has 2 aliphatic heterocycles. The maximum atomic E-state index is 14.3. The number of hydrogen-bond donors (Lipinski definition) is 11. The molecule has 11 N–H and O–H groups in total. The Morgan fingerprint density at radius 3 is 1.28 bits per heavy atom. The summed E-state index contributed by atoms with van der Waals surface area (Å²) in [7, 11) is -5.70. The normalized spacial score (nSPS) is 28.3. The highest BCUT2D eigenvalue weighted by atomic mass is 31.2. The van der Waals surface area contributed by atoms with E-state index in [1.54, 1.807) is 6.08 Å². The molecule has 0 aromatic rings. The zero-order valence-corrected chi connectivity index (χ0v) is 58.3. The number of ether oxygens (including phenoxy) is 7. The van der Waals surface area contributed by atoms with E-state index in [0.29, 0.717) is 12.8 Å². The summed E-state index contributed by atoms with van der Waals surface area (Å²) >= 11 is 0. The summed E-state index contributed by atoms with van der Waals surface area (Å²) in [5.74, 6) is -2.24. The lowest BCUT2D eigenvalue weighted by atomic mass is 9.84. The van der Waals surface area contributed by atoms with Crippen LogP contribution in [-0.4, -0.2) is 204 Å². The van der Waals surface area contributed by atoms with Gasteiger partial charge in [0.25, 0.3) is 0 Å². The smallest absolute Gasteiger partial charge is 0.462 e. The summed E-state index contributed by atoms with van der Waals surface area (Å²) in [6.45, 7) is 3.31. The fourth-order valence-electron chi connectivity index (χ4n) is 11.8. The van der Waals surface area contributed by atoms with Gasteiger partial charge in [0, 0.05) is 18.9 Å². The largest absolute Gasteiger partial charge is 0.472 e. The molecule has 0 bridgehead atoms. The van der Waals surface area contributed by atoms with Gasteiger partial charge in [-0.25, -0.2) is 9.36 Å². The van der Waals surface area contributed by atoms with Crippen LogP contribution in [0.25, 0.3) is 0 Å². The molecule has 2 saturated heterocycles.